The number of rotatable bonds is 5. The molecule has 0 radical (unpaired) electrons. The van der Waals surface area contributed by atoms with Crippen molar-refractivity contribution >= 4 is 15.7 Å². The van der Waals surface area contributed by atoms with Crippen LogP contribution in [-0.4, -0.2) is 15.0 Å². The maximum Gasteiger partial charge on any atom is 0.240 e. The van der Waals surface area contributed by atoms with Gasteiger partial charge < -0.3 is 5.73 Å². The summed E-state index contributed by atoms with van der Waals surface area (Å²) in [5, 5.41) is 0. The number of nitrogen functional groups attached to an aromatic ring is 1. The molecule has 1 atom stereocenters. The van der Waals surface area contributed by atoms with E-state index in [1.807, 2.05) is 0 Å². The molecule has 7 heteroatoms. The van der Waals surface area contributed by atoms with Gasteiger partial charge in [0.1, 0.15) is 11.6 Å². The van der Waals surface area contributed by atoms with Crippen molar-refractivity contribution in [3.05, 3.63) is 59.7 Å². The Kier molecular flexibility index (Phi) is 4.77. The number of hydrogen-bond donors (Lipinski definition) is 2. The highest BCUT2D eigenvalue weighted by atomic mass is 32.2. The molecule has 0 saturated heterocycles. The second-order valence-electron chi connectivity index (χ2n) is 4.99. The Morgan fingerprint density at radius 1 is 1.14 bits per heavy atom. The lowest BCUT2D eigenvalue weighted by atomic mass is 10.0. The highest BCUT2D eigenvalue weighted by Crippen LogP contribution is 2.20. The minimum absolute atomic E-state index is 0.00470. The van der Waals surface area contributed by atoms with Crippen LogP contribution in [0.5, 0.6) is 0 Å². The number of anilines is 1. The van der Waals surface area contributed by atoms with E-state index in [-0.39, 0.29) is 17.0 Å². The van der Waals surface area contributed by atoms with Crippen LogP contribution in [0.1, 0.15) is 18.4 Å². The highest BCUT2D eigenvalue weighted by Gasteiger charge is 2.17. The molecule has 3 N–H and O–H groups in total. The Morgan fingerprint density at radius 2 is 1.77 bits per heavy atom. The molecule has 0 heterocycles. The first-order chi connectivity index (χ1) is 10.3. The van der Waals surface area contributed by atoms with Crippen LogP contribution in [0, 0.1) is 11.6 Å². The summed E-state index contributed by atoms with van der Waals surface area (Å²) < 4.78 is 53.2. The minimum atomic E-state index is -3.70. The van der Waals surface area contributed by atoms with Crippen molar-refractivity contribution in [3.8, 4) is 0 Å². The molecule has 0 fully saturated rings. The highest BCUT2D eigenvalue weighted by molar-refractivity contribution is 7.89. The fourth-order valence-electron chi connectivity index (χ4n) is 1.98. The van der Waals surface area contributed by atoms with Gasteiger partial charge in [0, 0.05) is 18.3 Å². The molecule has 0 amide bonds. The van der Waals surface area contributed by atoms with E-state index in [2.05, 4.69) is 4.72 Å². The third kappa shape index (κ3) is 3.80. The van der Waals surface area contributed by atoms with E-state index in [0.717, 1.165) is 12.1 Å². The summed E-state index contributed by atoms with van der Waals surface area (Å²) >= 11 is 0. The van der Waals surface area contributed by atoms with Gasteiger partial charge in [-0.2, -0.15) is 0 Å². The quantitative estimate of drug-likeness (QED) is 0.830. The molecule has 0 aromatic heterocycles. The SMILES string of the molecule is C[C@@H](CNS(=O)(=O)c1ccc(N)cc1)c1ccc(F)cc1F. The largest absolute Gasteiger partial charge is 0.399 e. The molecule has 4 nitrogen and oxygen atoms in total. The maximum absolute atomic E-state index is 13.7. The van der Waals surface area contributed by atoms with Crippen LogP contribution in [0.25, 0.3) is 0 Å². The summed E-state index contributed by atoms with van der Waals surface area (Å²) in [4.78, 5) is 0.0773. The van der Waals surface area contributed by atoms with Gasteiger partial charge in [0.2, 0.25) is 10.0 Å². The number of hydrogen-bond acceptors (Lipinski definition) is 3. The second kappa shape index (κ2) is 6.41. The number of nitrogens with one attached hydrogen (secondary N) is 1. The number of benzene rings is 2. The summed E-state index contributed by atoms with van der Waals surface area (Å²) in [7, 11) is -3.70. The lowest BCUT2D eigenvalue weighted by molar-refractivity contribution is 0.548. The summed E-state index contributed by atoms with van der Waals surface area (Å²) in [5.74, 6) is -1.81. The number of nitrogens with two attached hydrogens (primary N) is 1. The van der Waals surface area contributed by atoms with Crippen molar-refractivity contribution < 1.29 is 17.2 Å². The van der Waals surface area contributed by atoms with Crippen molar-refractivity contribution in [3.63, 3.8) is 0 Å². The first-order valence-electron chi connectivity index (χ1n) is 6.60. The normalized spacial score (nSPS) is 13.0. The Labute approximate surface area is 128 Å². The molecule has 2 aromatic rings. The summed E-state index contributed by atoms with van der Waals surface area (Å²) in [6.07, 6.45) is 0. The first-order valence-corrected chi connectivity index (χ1v) is 8.08. The smallest absolute Gasteiger partial charge is 0.240 e. The predicted molar refractivity (Wildman–Crippen MR) is 80.8 cm³/mol. The molecule has 22 heavy (non-hydrogen) atoms. The van der Waals surface area contributed by atoms with E-state index in [9.17, 15) is 17.2 Å². The van der Waals surface area contributed by atoms with Crippen LogP contribution in [0.15, 0.2) is 47.4 Å². The molecule has 0 aliphatic carbocycles. The van der Waals surface area contributed by atoms with Crippen LogP contribution >= 0.6 is 0 Å². The van der Waals surface area contributed by atoms with E-state index < -0.39 is 27.6 Å². The number of halogens is 2. The molecular formula is C15H16F2N2O2S. The van der Waals surface area contributed by atoms with Gasteiger partial charge in [-0.3, -0.25) is 0 Å². The van der Waals surface area contributed by atoms with Gasteiger partial charge in [-0.15, -0.1) is 0 Å². The van der Waals surface area contributed by atoms with Crippen LogP contribution in [-0.2, 0) is 10.0 Å². The van der Waals surface area contributed by atoms with Gasteiger partial charge in [0.05, 0.1) is 4.90 Å². The molecule has 0 bridgehead atoms. The van der Waals surface area contributed by atoms with E-state index in [1.165, 1.54) is 30.3 Å². The Bertz CT molecular complexity index is 762. The average Bonchev–Trinajstić information content (AvgIpc) is 2.45. The zero-order chi connectivity index (χ0) is 16.3. The molecular weight excluding hydrogens is 310 g/mol. The third-order valence-corrected chi connectivity index (χ3v) is 4.70. The lowest BCUT2D eigenvalue weighted by Crippen LogP contribution is -2.28. The molecule has 118 valence electrons. The molecule has 0 aliphatic heterocycles. The van der Waals surface area contributed by atoms with Crippen LogP contribution < -0.4 is 10.5 Å². The van der Waals surface area contributed by atoms with Crippen molar-refractivity contribution in [2.75, 3.05) is 12.3 Å². The number of sulfonamides is 1. The van der Waals surface area contributed by atoms with Crippen molar-refractivity contribution in [2.45, 2.75) is 17.7 Å². The van der Waals surface area contributed by atoms with Crippen molar-refractivity contribution in [1.29, 1.82) is 0 Å². The van der Waals surface area contributed by atoms with Gasteiger partial charge >= 0.3 is 0 Å². The molecule has 2 rings (SSSR count). The summed E-state index contributed by atoms with van der Waals surface area (Å²) in [6, 6.07) is 8.98. The fraction of sp³-hybridized carbons (Fsp3) is 0.200. The van der Waals surface area contributed by atoms with E-state index in [4.69, 9.17) is 5.73 Å². The zero-order valence-electron chi connectivity index (χ0n) is 11.9. The fourth-order valence-corrected chi connectivity index (χ4v) is 3.11. The molecule has 0 aliphatic rings. The van der Waals surface area contributed by atoms with Gasteiger partial charge in [0.25, 0.3) is 0 Å². The van der Waals surface area contributed by atoms with Gasteiger partial charge in [-0.25, -0.2) is 21.9 Å². The zero-order valence-corrected chi connectivity index (χ0v) is 12.7. The van der Waals surface area contributed by atoms with E-state index in [0.29, 0.717) is 5.69 Å². The van der Waals surface area contributed by atoms with E-state index >= 15 is 0 Å². The lowest BCUT2D eigenvalue weighted by Gasteiger charge is -2.14. The molecule has 0 unspecified atom stereocenters. The second-order valence-corrected chi connectivity index (χ2v) is 6.75. The Morgan fingerprint density at radius 3 is 2.36 bits per heavy atom. The average molecular weight is 326 g/mol. The Balaban J connectivity index is 2.09. The van der Waals surface area contributed by atoms with Crippen LogP contribution in [0.4, 0.5) is 14.5 Å². The van der Waals surface area contributed by atoms with Crippen molar-refractivity contribution in [2.24, 2.45) is 0 Å². The maximum atomic E-state index is 13.7. The van der Waals surface area contributed by atoms with Gasteiger partial charge in [0.15, 0.2) is 0 Å². The predicted octanol–water partition coefficient (Wildman–Crippen LogP) is 2.63. The standard InChI is InChI=1S/C15H16F2N2O2S/c1-10(14-7-2-11(16)8-15(14)17)9-19-22(20,21)13-5-3-12(18)4-6-13/h2-8,10,19H,9,18H2,1H3/t10-/m0/s1. The van der Waals surface area contributed by atoms with Gasteiger partial charge in [-0.1, -0.05) is 13.0 Å². The molecule has 0 spiro atoms. The van der Waals surface area contributed by atoms with Gasteiger partial charge in [-0.05, 0) is 41.8 Å². The van der Waals surface area contributed by atoms with Crippen LogP contribution in [0.3, 0.4) is 0 Å². The molecule has 2 aromatic carbocycles. The molecule has 0 saturated carbocycles. The third-order valence-electron chi connectivity index (χ3n) is 3.26. The summed E-state index contributed by atoms with van der Waals surface area (Å²) in [5.41, 5.74) is 6.22. The van der Waals surface area contributed by atoms with Crippen molar-refractivity contribution in [1.82, 2.24) is 4.72 Å². The van der Waals surface area contributed by atoms with E-state index in [1.54, 1.807) is 6.92 Å². The monoisotopic (exact) mass is 326 g/mol. The Hall–Kier alpha value is -1.99. The summed E-state index contributed by atoms with van der Waals surface area (Å²) in [6.45, 7) is 1.65. The topological polar surface area (TPSA) is 72.2 Å². The first kappa shape index (κ1) is 16.4. The van der Waals surface area contributed by atoms with Crippen LogP contribution in [0.2, 0.25) is 0 Å². The minimum Gasteiger partial charge on any atom is -0.399 e.